The lowest BCUT2D eigenvalue weighted by Crippen LogP contribution is -2.33. The van der Waals surface area contributed by atoms with E-state index >= 15 is 0 Å². The van der Waals surface area contributed by atoms with Crippen LogP contribution >= 0.6 is 0 Å². The summed E-state index contributed by atoms with van der Waals surface area (Å²) < 4.78 is 0. The summed E-state index contributed by atoms with van der Waals surface area (Å²) in [5, 5.41) is 5.92. The van der Waals surface area contributed by atoms with Crippen LogP contribution in [0.3, 0.4) is 0 Å². The van der Waals surface area contributed by atoms with Gasteiger partial charge in [-0.2, -0.15) is 0 Å². The third-order valence-corrected chi connectivity index (χ3v) is 5.90. The van der Waals surface area contributed by atoms with Gasteiger partial charge in [-0.05, 0) is 62.9 Å². The fraction of sp³-hybridized carbons (Fsp3) is 0.440. The quantitative estimate of drug-likeness (QED) is 0.684. The normalized spacial score (nSPS) is 16.3. The van der Waals surface area contributed by atoms with Gasteiger partial charge in [-0.15, -0.1) is 0 Å². The third-order valence-electron chi connectivity index (χ3n) is 5.90. The van der Waals surface area contributed by atoms with E-state index in [-0.39, 0.29) is 24.4 Å². The SMILES string of the molecule is CN(CC(=O)Nc1ccccc1C(=O)NC1CC1)Cc1ccccc1N1CCCCC1. The van der Waals surface area contributed by atoms with Crippen molar-refractivity contribution < 1.29 is 9.59 Å². The molecule has 2 aromatic rings. The van der Waals surface area contributed by atoms with Gasteiger partial charge in [-0.3, -0.25) is 14.5 Å². The molecule has 2 aromatic carbocycles. The molecule has 0 bridgehead atoms. The second kappa shape index (κ2) is 9.96. The first kappa shape index (κ1) is 21.4. The number of benzene rings is 2. The highest BCUT2D eigenvalue weighted by molar-refractivity contribution is 6.04. The Balaban J connectivity index is 1.36. The van der Waals surface area contributed by atoms with Gasteiger partial charge in [0.25, 0.3) is 5.91 Å². The van der Waals surface area contributed by atoms with Gasteiger partial charge in [0.2, 0.25) is 5.91 Å². The molecule has 31 heavy (non-hydrogen) atoms. The first-order valence-electron chi connectivity index (χ1n) is 11.3. The molecule has 6 nitrogen and oxygen atoms in total. The standard InChI is InChI=1S/C25H32N4O2/c1-28(17-19-9-3-6-12-23(19)29-15-7-2-8-16-29)18-24(30)27-22-11-5-4-10-21(22)25(31)26-20-13-14-20/h3-6,9-12,20H,2,7-8,13-18H2,1H3,(H,26,31)(H,27,30). The lowest BCUT2D eigenvalue weighted by molar-refractivity contribution is -0.117. The molecule has 2 amide bonds. The fourth-order valence-corrected chi connectivity index (χ4v) is 4.15. The van der Waals surface area contributed by atoms with E-state index in [1.807, 2.05) is 24.1 Å². The minimum Gasteiger partial charge on any atom is -0.371 e. The van der Waals surface area contributed by atoms with Crippen molar-refractivity contribution in [1.82, 2.24) is 10.2 Å². The highest BCUT2D eigenvalue weighted by atomic mass is 16.2. The van der Waals surface area contributed by atoms with Gasteiger partial charge < -0.3 is 15.5 Å². The second-order valence-electron chi connectivity index (χ2n) is 8.69. The summed E-state index contributed by atoms with van der Waals surface area (Å²) in [6, 6.07) is 16.0. The zero-order valence-electron chi connectivity index (χ0n) is 18.3. The van der Waals surface area contributed by atoms with Crippen LogP contribution in [0.2, 0.25) is 0 Å². The van der Waals surface area contributed by atoms with Crippen molar-refractivity contribution in [2.45, 2.75) is 44.7 Å². The molecule has 6 heteroatoms. The molecule has 1 heterocycles. The van der Waals surface area contributed by atoms with Crippen LogP contribution in [0.4, 0.5) is 11.4 Å². The van der Waals surface area contributed by atoms with Crippen molar-refractivity contribution in [3.05, 3.63) is 59.7 Å². The molecule has 0 unspecified atom stereocenters. The average molecular weight is 421 g/mol. The Morgan fingerprint density at radius 1 is 1.00 bits per heavy atom. The van der Waals surface area contributed by atoms with Gasteiger partial charge in [0.1, 0.15) is 0 Å². The number of piperidine rings is 1. The van der Waals surface area contributed by atoms with Crippen LogP contribution in [-0.4, -0.2) is 49.4 Å². The van der Waals surface area contributed by atoms with E-state index in [9.17, 15) is 9.59 Å². The minimum absolute atomic E-state index is 0.121. The van der Waals surface area contributed by atoms with Crippen LogP contribution in [0.1, 0.15) is 48.0 Å². The Kier molecular flexibility index (Phi) is 6.87. The number of amides is 2. The van der Waals surface area contributed by atoms with Crippen LogP contribution in [0.15, 0.2) is 48.5 Å². The molecule has 0 atom stereocenters. The molecule has 4 rings (SSSR count). The summed E-state index contributed by atoms with van der Waals surface area (Å²) in [4.78, 5) is 29.7. The molecule has 1 saturated carbocycles. The van der Waals surface area contributed by atoms with Gasteiger partial charge >= 0.3 is 0 Å². The molecule has 1 aliphatic carbocycles. The maximum absolute atomic E-state index is 12.7. The van der Waals surface area contributed by atoms with Gasteiger partial charge in [0, 0.05) is 31.4 Å². The summed E-state index contributed by atoms with van der Waals surface area (Å²) in [7, 11) is 1.96. The topological polar surface area (TPSA) is 64.7 Å². The summed E-state index contributed by atoms with van der Waals surface area (Å²) in [6.45, 7) is 3.15. The highest BCUT2D eigenvalue weighted by Crippen LogP contribution is 2.25. The lowest BCUT2D eigenvalue weighted by Gasteiger charge is -2.31. The molecular formula is C25H32N4O2. The van der Waals surface area contributed by atoms with E-state index in [4.69, 9.17) is 0 Å². The number of nitrogens with one attached hydrogen (secondary N) is 2. The molecule has 1 saturated heterocycles. The van der Waals surface area contributed by atoms with Crippen LogP contribution in [0, 0.1) is 0 Å². The summed E-state index contributed by atoms with van der Waals surface area (Å²) in [5.41, 5.74) is 3.59. The smallest absolute Gasteiger partial charge is 0.253 e. The number of likely N-dealkylation sites (N-methyl/N-ethyl adjacent to an activating group) is 1. The van der Waals surface area contributed by atoms with Crippen LogP contribution in [0.5, 0.6) is 0 Å². The Morgan fingerprint density at radius 3 is 2.48 bits per heavy atom. The number of hydrogen-bond acceptors (Lipinski definition) is 4. The minimum atomic E-state index is -0.123. The van der Waals surface area contributed by atoms with Gasteiger partial charge in [-0.1, -0.05) is 30.3 Å². The number of carbonyl (C=O) groups excluding carboxylic acids is 2. The number of rotatable bonds is 8. The van der Waals surface area contributed by atoms with Crippen molar-refractivity contribution >= 4 is 23.2 Å². The van der Waals surface area contributed by atoms with Crippen molar-refractivity contribution in [2.75, 3.05) is 36.9 Å². The molecule has 2 N–H and O–H groups in total. The first-order chi connectivity index (χ1) is 15.1. The zero-order valence-corrected chi connectivity index (χ0v) is 18.3. The molecule has 0 aromatic heterocycles. The van der Waals surface area contributed by atoms with E-state index in [1.165, 1.54) is 30.5 Å². The van der Waals surface area contributed by atoms with Crippen molar-refractivity contribution in [3.63, 3.8) is 0 Å². The van der Waals surface area contributed by atoms with Gasteiger partial charge in [0.05, 0.1) is 17.8 Å². The third kappa shape index (κ3) is 5.85. The van der Waals surface area contributed by atoms with E-state index in [1.54, 1.807) is 12.1 Å². The molecule has 0 spiro atoms. The molecule has 1 aliphatic heterocycles. The van der Waals surface area contributed by atoms with Crippen LogP contribution in [0.25, 0.3) is 0 Å². The number of para-hydroxylation sites is 2. The number of hydrogen-bond donors (Lipinski definition) is 2. The van der Waals surface area contributed by atoms with Crippen molar-refractivity contribution in [1.29, 1.82) is 0 Å². The lowest BCUT2D eigenvalue weighted by atomic mass is 10.1. The second-order valence-corrected chi connectivity index (χ2v) is 8.69. The summed E-state index contributed by atoms with van der Waals surface area (Å²) in [6.07, 6.45) is 5.84. The molecule has 2 fully saturated rings. The van der Waals surface area contributed by atoms with Crippen molar-refractivity contribution in [2.24, 2.45) is 0 Å². The predicted octanol–water partition coefficient (Wildman–Crippen LogP) is 3.64. The molecule has 164 valence electrons. The zero-order chi connectivity index (χ0) is 21.6. The number of nitrogens with zero attached hydrogens (tertiary/aromatic N) is 2. The average Bonchev–Trinajstić information content (AvgIpc) is 3.59. The van der Waals surface area contributed by atoms with Crippen LogP contribution in [-0.2, 0) is 11.3 Å². The Morgan fingerprint density at radius 2 is 1.71 bits per heavy atom. The van der Waals surface area contributed by atoms with E-state index in [0.29, 0.717) is 17.8 Å². The Hall–Kier alpha value is -2.86. The van der Waals surface area contributed by atoms with Crippen molar-refractivity contribution in [3.8, 4) is 0 Å². The predicted molar refractivity (Wildman–Crippen MR) is 124 cm³/mol. The first-order valence-corrected chi connectivity index (χ1v) is 11.3. The maximum atomic E-state index is 12.7. The molecule has 0 radical (unpaired) electrons. The Labute approximate surface area is 184 Å². The van der Waals surface area contributed by atoms with E-state index in [2.05, 4.69) is 39.8 Å². The summed E-state index contributed by atoms with van der Waals surface area (Å²) >= 11 is 0. The maximum Gasteiger partial charge on any atom is 0.253 e. The van der Waals surface area contributed by atoms with Gasteiger partial charge in [0.15, 0.2) is 0 Å². The van der Waals surface area contributed by atoms with E-state index < -0.39 is 0 Å². The highest BCUT2D eigenvalue weighted by Gasteiger charge is 2.25. The van der Waals surface area contributed by atoms with Gasteiger partial charge in [-0.25, -0.2) is 0 Å². The Bertz CT molecular complexity index is 919. The van der Waals surface area contributed by atoms with Crippen LogP contribution < -0.4 is 15.5 Å². The number of anilines is 2. The monoisotopic (exact) mass is 420 g/mol. The van der Waals surface area contributed by atoms with E-state index in [0.717, 1.165) is 25.9 Å². The number of carbonyl (C=O) groups is 2. The fourth-order valence-electron chi connectivity index (χ4n) is 4.15. The summed E-state index contributed by atoms with van der Waals surface area (Å²) in [5.74, 6) is -0.244. The molecule has 2 aliphatic rings. The largest absolute Gasteiger partial charge is 0.371 e. The molecular weight excluding hydrogens is 388 g/mol.